The van der Waals surface area contributed by atoms with Crippen molar-refractivity contribution in [2.24, 2.45) is 0 Å². The van der Waals surface area contributed by atoms with Gasteiger partial charge in [0, 0.05) is 19.6 Å². The second kappa shape index (κ2) is 6.26. The van der Waals surface area contributed by atoms with Crippen molar-refractivity contribution in [3.63, 3.8) is 0 Å². The van der Waals surface area contributed by atoms with Crippen molar-refractivity contribution < 1.29 is 4.74 Å². The molecule has 0 saturated carbocycles. The molecule has 2 rings (SSSR count). The molecule has 1 atom stereocenters. The van der Waals surface area contributed by atoms with Crippen molar-refractivity contribution in [2.75, 3.05) is 29.9 Å². The van der Waals surface area contributed by atoms with Gasteiger partial charge in [0.05, 0.1) is 11.7 Å². The number of nitrogens with one attached hydrogen (secondary N) is 1. The molecule has 20 heavy (non-hydrogen) atoms. The second-order valence-corrected chi connectivity index (χ2v) is 6.65. The first-order chi connectivity index (χ1) is 9.43. The average molecular weight is 343 g/mol. The SMILES string of the molecule is CCCNc1ncnc(N2CC(C)OC(C)(C)C2)c1Br. The van der Waals surface area contributed by atoms with E-state index in [0.717, 1.165) is 42.2 Å². The summed E-state index contributed by atoms with van der Waals surface area (Å²) in [5.74, 6) is 1.79. The summed E-state index contributed by atoms with van der Waals surface area (Å²) in [7, 11) is 0. The largest absolute Gasteiger partial charge is 0.369 e. The highest BCUT2D eigenvalue weighted by Gasteiger charge is 2.33. The van der Waals surface area contributed by atoms with Gasteiger partial charge in [0.25, 0.3) is 0 Å². The van der Waals surface area contributed by atoms with E-state index in [0.29, 0.717) is 0 Å². The first kappa shape index (κ1) is 15.5. The Bertz CT molecular complexity index is 466. The van der Waals surface area contributed by atoms with E-state index in [2.05, 4.69) is 63.8 Å². The van der Waals surface area contributed by atoms with Gasteiger partial charge in [0.2, 0.25) is 0 Å². The number of nitrogens with zero attached hydrogens (tertiary/aromatic N) is 3. The first-order valence-electron chi connectivity index (χ1n) is 7.10. The molecule has 1 saturated heterocycles. The number of halogens is 1. The predicted octanol–water partition coefficient (Wildman–Crippen LogP) is 3.06. The van der Waals surface area contributed by atoms with Crippen LogP contribution in [0.5, 0.6) is 0 Å². The molecule has 0 spiro atoms. The van der Waals surface area contributed by atoms with Crippen molar-refractivity contribution in [3.8, 4) is 0 Å². The van der Waals surface area contributed by atoms with Crippen LogP contribution in [0.2, 0.25) is 0 Å². The zero-order chi connectivity index (χ0) is 14.8. The smallest absolute Gasteiger partial charge is 0.148 e. The minimum atomic E-state index is -0.168. The summed E-state index contributed by atoms with van der Waals surface area (Å²) in [6.07, 6.45) is 2.87. The van der Waals surface area contributed by atoms with Crippen molar-refractivity contribution in [1.29, 1.82) is 0 Å². The zero-order valence-electron chi connectivity index (χ0n) is 12.6. The fourth-order valence-electron chi connectivity index (χ4n) is 2.56. The van der Waals surface area contributed by atoms with Gasteiger partial charge in [-0.05, 0) is 43.1 Å². The molecule has 1 aromatic rings. The van der Waals surface area contributed by atoms with Gasteiger partial charge in [-0.1, -0.05) is 6.92 Å². The fraction of sp³-hybridized carbons (Fsp3) is 0.714. The summed E-state index contributed by atoms with van der Waals surface area (Å²) >= 11 is 3.63. The van der Waals surface area contributed by atoms with E-state index in [9.17, 15) is 0 Å². The lowest BCUT2D eigenvalue weighted by Crippen LogP contribution is -2.52. The lowest BCUT2D eigenvalue weighted by molar-refractivity contribution is -0.0752. The molecule has 1 unspecified atom stereocenters. The Morgan fingerprint density at radius 2 is 2.25 bits per heavy atom. The summed E-state index contributed by atoms with van der Waals surface area (Å²) in [4.78, 5) is 11.0. The summed E-state index contributed by atoms with van der Waals surface area (Å²) in [5, 5.41) is 3.32. The molecule has 1 aliphatic rings. The number of hydrogen-bond acceptors (Lipinski definition) is 5. The molecule has 2 heterocycles. The standard InChI is InChI=1S/C14H23BrN4O/c1-5-6-16-12-11(15)13(18-9-17-12)19-7-10(2)20-14(3,4)8-19/h9-10H,5-8H2,1-4H3,(H,16,17,18). The van der Waals surface area contributed by atoms with Gasteiger partial charge < -0.3 is 15.0 Å². The number of aromatic nitrogens is 2. The maximum Gasteiger partial charge on any atom is 0.148 e. The first-order valence-corrected chi connectivity index (χ1v) is 7.89. The summed E-state index contributed by atoms with van der Waals surface area (Å²) in [6, 6.07) is 0. The third-order valence-corrected chi connectivity index (χ3v) is 3.91. The van der Waals surface area contributed by atoms with E-state index in [-0.39, 0.29) is 11.7 Å². The van der Waals surface area contributed by atoms with Crippen molar-refractivity contribution in [2.45, 2.75) is 45.8 Å². The molecule has 1 aliphatic heterocycles. The number of hydrogen-bond donors (Lipinski definition) is 1. The average Bonchev–Trinajstić information content (AvgIpc) is 2.35. The Balaban J connectivity index is 2.23. The maximum absolute atomic E-state index is 5.94. The Labute approximate surface area is 129 Å². The van der Waals surface area contributed by atoms with Crippen molar-refractivity contribution in [1.82, 2.24) is 9.97 Å². The highest BCUT2D eigenvalue weighted by atomic mass is 79.9. The molecule has 5 nitrogen and oxygen atoms in total. The summed E-state index contributed by atoms with van der Waals surface area (Å²) in [5.41, 5.74) is -0.168. The Kier molecular flexibility index (Phi) is 4.86. The van der Waals surface area contributed by atoms with E-state index in [1.807, 2.05) is 0 Å². The lowest BCUT2D eigenvalue weighted by Gasteiger charge is -2.42. The number of rotatable bonds is 4. The number of anilines is 2. The topological polar surface area (TPSA) is 50.3 Å². The van der Waals surface area contributed by atoms with Crippen LogP contribution >= 0.6 is 15.9 Å². The van der Waals surface area contributed by atoms with Gasteiger partial charge >= 0.3 is 0 Å². The van der Waals surface area contributed by atoms with Crippen LogP contribution in [0.1, 0.15) is 34.1 Å². The molecule has 0 amide bonds. The molecule has 112 valence electrons. The van der Waals surface area contributed by atoms with E-state index in [1.165, 1.54) is 0 Å². The minimum Gasteiger partial charge on any atom is -0.369 e. The van der Waals surface area contributed by atoms with Gasteiger partial charge in [-0.3, -0.25) is 0 Å². The van der Waals surface area contributed by atoms with Crippen LogP contribution < -0.4 is 10.2 Å². The summed E-state index contributed by atoms with van der Waals surface area (Å²) < 4.78 is 6.87. The van der Waals surface area contributed by atoms with Crippen LogP contribution in [0.15, 0.2) is 10.8 Å². The van der Waals surface area contributed by atoms with Crippen molar-refractivity contribution >= 4 is 27.6 Å². The van der Waals surface area contributed by atoms with Gasteiger partial charge in [-0.25, -0.2) is 9.97 Å². The van der Waals surface area contributed by atoms with Gasteiger partial charge in [-0.15, -0.1) is 0 Å². The monoisotopic (exact) mass is 342 g/mol. The predicted molar refractivity (Wildman–Crippen MR) is 85.4 cm³/mol. The third-order valence-electron chi connectivity index (χ3n) is 3.18. The van der Waals surface area contributed by atoms with E-state index >= 15 is 0 Å². The molecule has 0 aromatic carbocycles. The van der Waals surface area contributed by atoms with Crippen LogP contribution in [0, 0.1) is 0 Å². The third kappa shape index (κ3) is 3.61. The van der Waals surface area contributed by atoms with E-state index in [4.69, 9.17) is 4.74 Å². The number of morpholine rings is 1. The molecule has 0 aliphatic carbocycles. The minimum absolute atomic E-state index is 0.168. The van der Waals surface area contributed by atoms with Gasteiger partial charge in [0.1, 0.15) is 22.4 Å². The quantitative estimate of drug-likeness (QED) is 0.911. The molecule has 0 bridgehead atoms. The fourth-order valence-corrected chi connectivity index (χ4v) is 3.16. The molecule has 0 radical (unpaired) electrons. The molecule has 6 heteroatoms. The molecule has 1 aromatic heterocycles. The van der Waals surface area contributed by atoms with Crippen LogP contribution in [-0.4, -0.2) is 41.3 Å². The van der Waals surface area contributed by atoms with Crippen LogP contribution in [0.3, 0.4) is 0 Å². The van der Waals surface area contributed by atoms with E-state index in [1.54, 1.807) is 6.33 Å². The second-order valence-electron chi connectivity index (χ2n) is 5.86. The van der Waals surface area contributed by atoms with Crippen LogP contribution in [-0.2, 0) is 4.74 Å². The molecule has 1 N–H and O–H groups in total. The zero-order valence-corrected chi connectivity index (χ0v) is 14.2. The van der Waals surface area contributed by atoms with Crippen LogP contribution in [0.25, 0.3) is 0 Å². The maximum atomic E-state index is 5.94. The van der Waals surface area contributed by atoms with Crippen molar-refractivity contribution in [3.05, 3.63) is 10.8 Å². The van der Waals surface area contributed by atoms with Crippen LogP contribution in [0.4, 0.5) is 11.6 Å². The molecular formula is C14H23BrN4O. The normalized spacial score (nSPS) is 21.9. The summed E-state index contributed by atoms with van der Waals surface area (Å²) in [6.45, 7) is 11.0. The highest BCUT2D eigenvalue weighted by molar-refractivity contribution is 9.10. The molecule has 1 fully saturated rings. The highest BCUT2D eigenvalue weighted by Crippen LogP contribution is 2.33. The molecular weight excluding hydrogens is 320 g/mol. The lowest BCUT2D eigenvalue weighted by atomic mass is 10.1. The van der Waals surface area contributed by atoms with E-state index < -0.39 is 0 Å². The van der Waals surface area contributed by atoms with Gasteiger partial charge in [-0.2, -0.15) is 0 Å². The Morgan fingerprint density at radius 1 is 1.50 bits per heavy atom. The van der Waals surface area contributed by atoms with Gasteiger partial charge in [0.15, 0.2) is 0 Å². The number of ether oxygens (including phenoxy) is 1. The Hall–Kier alpha value is -0.880. The Morgan fingerprint density at radius 3 is 2.90 bits per heavy atom.